The summed E-state index contributed by atoms with van der Waals surface area (Å²) >= 11 is 2.18. The maximum atomic E-state index is 3.78. The highest BCUT2D eigenvalue weighted by molar-refractivity contribution is 8.00. The standard InChI is InChI=1S/C17H34N2S/c1-5-15-11-19(7-8-20-15)12-16-14(4)9-13(3)10-17(16)18-6-2/h13-18H,5-12H2,1-4H3. The average molecular weight is 299 g/mol. The van der Waals surface area contributed by atoms with Crippen molar-refractivity contribution in [2.24, 2.45) is 17.8 Å². The second-order valence-corrected chi connectivity index (χ2v) is 8.45. The van der Waals surface area contributed by atoms with Gasteiger partial charge in [-0.1, -0.05) is 27.7 Å². The lowest BCUT2D eigenvalue weighted by atomic mass is 9.72. The first kappa shape index (κ1) is 16.6. The molecule has 3 heteroatoms. The summed E-state index contributed by atoms with van der Waals surface area (Å²) in [5, 5.41) is 4.65. The zero-order valence-electron chi connectivity index (χ0n) is 13.9. The van der Waals surface area contributed by atoms with Crippen LogP contribution in [-0.2, 0) is 0 Å². The Bertz CT molecular complexity index is 284. The van der Waals surface area contributed by atoms with E-state index < -0.39 is 0 Å². The van der Waals surface area contributed by atoms with E-state index in [1.54, 1.807) is 0 Å². The fraction of sp³-hybridized carbons (Fsp3) is 1.00. The molecule has 20 heavy (non-hydrogen) atoms. The van der Waals surface area contributed by atoms with E-state index in [0.717, 1.165) is 35.6 Å². The second kappa shape index (κ2) is 8.05. The van der Waals surface area contributed by atoms with Gasteiger partial charge >= 0.3 is 0 Å². The molecule has 1 N–H and O–H groups in total. The highest BCUT2D eigenvalue weighted by Crippen LogP contribution is 2.35. The number of hydrogen-bond acceptors (Lipinski definition) is 3. The summed E-state index contributed by atoms with van der Waals surface area (Å²) < 4.78 is 0. The van der Waals surface area contributed by atoms with Crippen LogP contribution in [0.1, 0.15) is 47.0 Å². The van der Waals surface area contributed by atoms with Gasteiger partial charge in [0.15, 0.2) is 0 Å². The van der Waals surface area contributed by atoms with Crippen LogP contribution >= 0.6 is 11.8 Å². The van der Waals surface area contributed by atoms with Crippen LogP contribution < -0.4 is 5.32 Å². The van der Waals surface area contributed by atoms with E-state index in [9.17, 15) is 0 Å². The molecule has 2 rings (SSSR count). The minimum absolute atomic E-state index is 0.744. The molecule has 5 atom stereocenters. The van der Waals surface area contributed by atoms with Gasteiger partial charge in [-0.2, -0.15) is 11.8 Å². The van der Waals surface area contributed by atoms with Crippen molar-refractivity contribution >= 4 is 11.8 Å². The Morgan fingerprint density at radius 1 is 1.20 bits per heavy atom. The molecule has 1 aliphatic carbocycles. The van der Waals surface area contributed by atoms with E-state index >= 15 is 0 Å². The van der Waals surface area contributed by atoms with Gasteiger partial charge < -0.3 is 10.2 Å². The van der Waals surface area contributed by atoms with Crippen LogP contribution in [0.5, 0.6) is 0 Å². The first-order valence-corrected chi connectivity index (χ1v) is 9.76. The fourth-order valence-electron chi connectivity index (χ4n) is 4.21. The molecule has 0 aromatic rings. The molecule has 0 aromatic carbocycles. The van der Waals surface area contributed by atoms with Crippen molar-refractivity contribution in [3.8, 4) is 0 Å². The zero-order chi connectivity index (χ0) is 14.5. The smallest absolute Gasteiger partial charge is 0.0172 e. The van der Waals surface area contributed by atoms with Crippen molar-refractivity contribution in [2.75, 3.05) is 31.9 Å². The lowest BCUT2D eigenvalue weighted by molar-refractivity contribution is 0.103. The third-order valence-corrected chi connectivity index (χ3v) is 6.66. The lowest BCUT2D eigenvalue weighted by Gasteiger charge is -2.44. The number of thioether (sulfide) groups is 1. The Labute approximate surface area is 130 Å². The van der Waals surface area contributed by atoms with Crippen molar-refractivity contribution in [1.29, 1.82) is 0 Å². The van der Waals surface area contributed by atoms with Gasteiger partial charge in [0.2, 0.25) is 0 Å². The van der Waals surface area contributed by atoms with Gasteiger partial charge in [-0.3, -0.25) is 0 Å². The molecule has 118 valence electrons. The summed E-state index contributed by atoms with van der Waals surface area (Å²) in [7, 11) is 0. The Balaban J connectivity index is 1.93. The molecule has 1 heterocycles. The molecule has 2 nitrogen and oxygen atoms in total. The minimum atomic E-state index is 0.744. The number of nitrogens with one attached hydrogen (secondary N) is 1. The van der Waals surface area contributed by atoms with Crippen molar-refractivity contribution in [2.45, 2.75) is 58.2 Å². The fourth-order valence-corrected chi connectivity index (χ4v) is 5.45. The third kappa shape index (κ3) is 4.38. The van der Waals surface area contributed by atoms with Crippen molar-refractivity contribution in [1.82, 2.24) is 10.2 Å². The lowest BCUT2D eigenvalue weighted by Crippen LogP contribution is -2.51. The maximum absolute atomic E-state index is 3.78. The summed E-state index contributed by atoms with van der Waals surface area (Å²) in [5.41, 5.74) is 0. The molecule has 1 saturated heterocycles. The molecule has 0 bridgehead atoms. The van der Waals surface area contributed by atoms with Gasteiger partial charge in [-0.15, -0.1) is 0 Å². The Hall–Kier alpha value is 0.270. The van der Waals surface area contributed by atoms with E-state index in [1.165, 1.54) is 44.6 Å². The molecule has 5 unspecified atom stereocenters. The molecule has 0 spiro atoms. The van der Waals surface area contributed by atoms with Gasteiger partial charge in [0.25, 0.3) is 0 Å². The van der Waals surface area contributed by atoms with E-state index in [1.807, 2.05) is 0 Å². The van der Waals surface area contributed by atoms with Gasteiger partial charge in [0.05, 0.1) is 0 Å². The van der Waals surface area contributed by atoms with Crippen molar-refractivity contribution in [3.63, 3.8) is 0 Å². The first-order valence-electron chi connectivity index (χ1n) is 8.71. The van der Waals surface area contributed by atoms with E-state index in [4.69, 9.17) is 0 Å². The first-order chi connectivity index (χ1) is 9.63. The molecule has 2 fully saturated rings. The minimum Gasteiger partial charge on any atom is -0.314 e. The van der Waals surface area contributed by atoms with E-state index in [-0.39, 0.29) is 0 Å². The van der Waals surface area contributed by atoms with Gasteiger partial charge in [0.1, 0.15) is 0 Å². The molecule has 0 radical (unpaired) electrons. The van der Waals surface area contributed by atoms with Crippen LogP contribution in [0.4, 0.5) is 0 Å². The van der Waals surface area contributed by atoms with Crippen molar-refractivity contribution < 1.29 is 0 Å². The summed E-state index contributed by atoms with van der Waals surface area (Å²) in [6, 6.07) is 0.744. The zero-order valence-corrected chi connectivity index (χ0v) is 14.7. The van der Waals surface area contributed by atoms with Crippen LogP contribution in [0.2, 0.25) is 0 Å². The van der Waals surface area contributed by atoms with Crippen LogP contribution in [-0.4, -0.2) is 48.1 Å². The highest BCUT2D eigenvalue weighted by atomic mass is 32.2. The molecule has 1 aliphatic heterocycles. The summed E-state index contributed by atoms with van der Waals surface area (Å²) in [6.07, 6.45) is 4.13. The van der Waals surface area contributed by atoms with Gasteiger partial charge in [-0.05, 0) is 43.6 Å². The van der Waals surface area contributed by atoms with E-state index in [0.29, 0.717) is 0 Å². The average Bonchev–Trinajstić information content (AvgIpc) is 2.43. The molecular formula is C17H34N2S. The van der Waals surface area contributed by atoms with Crippen LogP contribution in [0.3, 0.4) is 0 Å². The maximum Gasteiger partial charge on any atom is 0.0172 e. The predicted molar refractivity (Wildman–Crippen MR) is 91.5 cm³/mol. The van der Waals surface area contributed by atoms with E-state index in [2.05, 4.69) is 49.7 Å². The number of rotatable bonds is 5. The number of nitrogens with zero attached hydrogens (tertiary/aromatic N) is 1. The molecule has 2 aliphatic rings. The molecule has 1 saturated carbocycles. The molecular weight excluding hydrogens is 264 g/mol. The van der Waals surface area contributed by atoms with Crippen LogP contribution in [0.25, 0.3) is 0 Å². The van der Waals surface area contributed by atoms with Crippen molar-refractivity contribution in [3.05, 3.63) is 0 Å². The Morgan fingerprint density at radius 3 is 2.70 bits per heavy atom. The summed E-state index contributed by atoms with van der Waals surface area (Å²) in [6.45, 7) is 14.6. The second-order valence-electron chi connectivity index (χ2n) is 7.04. The van der Waals surface area contributed by atoms with Crippen LogP contribution in [0.15, 0.2) is 0 Å². The van der Waals surface area contributed by atoms with Crippen LogP contribution in [0, 0.1) is 17.8 Å². The topological polar surface area (TPSA) is 15.3 Å². The van der Waals surface area contributed by atoms with Gasteiger partial charge in [0, 0.05) is 36.7 Å². The monoisotopic (exact) mass is 298 g/mol. The quantitative estimate of drug-likeness (QED) is 0.836. The SMILES string of the molecule is CCNC1CC(C)CC(C)C1CN1CCSC(CC)C1. The molecule has 0 amide bonds. The Morgan fingerprint density at radius 2 is 2.00 bits per heavy atom. The Kier molecular flexibility index (Phi) is 6.70. The highest BCUT2D eigenvalue weighted by Gasteiger charge is 2.35. The predicted octanol–water partition coefficient (Wildman–Crippen LogP) is 3.47. The largest absolute Gasteiger partial charge is 0.314 e. The number of hydrogen-bond donors (Lipinski definition) is 1. The van der Waals surface area contributed by atoms with Gasteiger partial charge in [-0.25, -0.2) is 0 Å². The molecule has 0 aromatic heterocycles. The summed E-state index contributed by atoms with van der Waals surface area (Å²) in [4.78, 5) is 2.76. The summed E-state index contributed by atoms with van der Waals surface area (Å²) in [5.74, 6) is 3.96. The normalized spacial score (nSPS) is 39.9. The third-order valence-electron chi connectivity index (χ3n) is 5.29.